The average molecular weight is 265 g/mol. The smallest absolute Gasteiger partial charge is 0.186 e. The van der Waals surface area contributed by atoms with Crippen LogP contribution in [-0.2, 0) is 0 Å². The van der Waals surface area contributed by atoms with E-state index in [1.807, 2.05) is 11.8 Å². The number of hydrogen-bond donors (Lipinski definition) is 1. The molecule has 2 atom stereocenters. The van der Waals surface area contributed by atoms with Crippen LogP contribution in [-0.4, -0.2) is 16.6 Å². The van der Waals surface area contributed by atoms with E-state index in [0.29, 0.717) is 17.2 Å². The Morgan fingerprint density at radius 1 is 1.47 bits per heavy atom. The topological polar surface area (TPSA) is 23.5 Å². The molecule has 2 nitrogen and oxygen atoms in total. The Kier molecular flexibility index (Phi) is 5.96. The molecule has 0 amide bonds. The molecule has 1 saturated carbocycles. The van der Waals surface area contributed by atoms with Gasteiger partial charge in [-0.1, -0.05) is 40.2 Å². The number of hydrogen-bond acceptors (Lipinski definition) is 2. The predicted octanol–water partition coefficient (Wildman–Crippen LogP) is 5.24. The fourth-order valence-electron chi connectivity index (χ4n) is 3.19. The third kappa shape index (κ3) is 4.29. The van der Waals surface area contributed by atoms with Crippen LogP contribution < -0.4 is 0 Å². The molecule has 1 fully saturated rings. The van der Waals surface area contributed by atoms with Crippen LogP contribution in [0.4, 0.5) is 0 Å². The summed E-state index contributed by atoms with van der Waals surface area (Å²) in [7, 11) is 0. The minimum Gasteiger partial charge on any atom is -0.495 e. The molecule has 1 aliphatic rings. The van der Waals surface area contributed by atoms with Crippen molar-refractivity contribution in [2.24, 2.45) is 11.3 Å². The van der Waals surface area contributed by atoms with Gasteiger partial charge in [0.05, 0.1) is 0 Å². The Bertz CT molecular complexity index is 334. The van der Waals surface area contributed by atoms with Gasteiger partial charge in [0.1, 0.15) is 0 Å². The molecule has 0 aromatic carbocycles. The van der Waals surface area contributed by atoms with E-state index in [-0.39, 0.29) is 0 Å². The molecular weight excluding hydrogens is 234 g/mol. The second kappa shape index (κ2) is 7.02. The monoisotopic (exact) mass is 265 g/mol. The summed E-state index contributed by atoms with van der Waals surface area (Å²) in [6.07, 6.45) is 9.13. The van der Waals surface area contributed by atoms with Crippen LogP contribution in [0.2, 0.25) is 0 Å². The van der Waals surface area contributed by atoms with Crippen molar-refractivity contribution in [1.29, 1.82) is 0 Å². The third-order valence-electron chi connectivity index (χ3n) is 4.79. The van der Waals surface area contributed by atoms with Crippen LogP contribution in [0.5, 0.6) is 0 Å². The molecule has 1 aliphatic carbocycles. The largest absolute Gasteiger partial charge is 0.495 e. The molecular formula is C17H31NO. The SMILES string of the molecule is C=C(CC)N(CC1CCCC(C)(CC)C1)/C(O)=C/C. The Balaban J connectivity index is 2.71. The van der Waals surface area contributed by atoms with Gasteiger partial charge in [-0.25, -0.2) is 0 Å². The van der Waals surface area contributed by atoms with Crippen molar-refractivity contribution in [2.75, 3.05) is 6.54 Å². The van der Waals surface area contributed by atoms with Gasteiger partial charge in [-0.2, -0.15) is 0 Å². The van der Waals surface area contributed by atoms with Crippen molar-refractivity contribution in [3.8, 4) is 0 Å². The average Bonchev–Trinajstić information content (AvgIpc) is 2.43. The van der Waals surface area contributed by atoms with Gasteiger partial charge in [0.15, 0.2) is 5.88 Å². The van der Waals surface area contributed by atoms with Crippen molar-refractivity contribution < 1.29 is 5.11 Å². The van der Waals surface area contributed by atoms with Gasteiger partial charge in [0.2, 0.25) is 0 Å². The number of allylic oxidation sites excluding steroid dienone is 2. The molecule has 110 valence electrons. The first-order valence-electron chi connectivity index (χ1n) is 7.76. The first-order valence-corrected chi connectivity index (χ1v) is 7.76. The van der Waals surface area contributed by atoms with Gasteiger partial charge in [-0.3, -0.25) is 0 Å². The zero-order valence-corrected chi connectivity index (χ0v) is 13.2. The summed E-state index contributed by atoms with van der Waals surface area (Å²) in [5.41, 5.74) is 1.51. The van der Waals surface area contributed by atoms with Crippen molar-refractivity contribution in [2.45, 2.75) is 66.2 Å². The zero-order chi connectivity index (χ0) is 14.5. The lowest BCUT2D eigenvalue weighted by Gasteiger charge is -2.40. The second-order valence-corrected chi connectivity index (χ2v) is 6.30. The molecule has 1 N–H and O–H groups in total. The molecule has 0 radical (unpaired) electrons. The molecule has 0 heterocycles. The lowest BCUT2D eigenvalue weighted by atomic mass is 9.69. The fraction of sp³-hybridized carbons (Fsp3) is 0.765. The molecule has 2 unspecified atom stereocenters. The van der Waals surface area contributed by atoms with E-state index < -0.39 is 0 Å². The minimum absolute atomic E-state index is 0.357. The molecule has 2 heteroatoms. The highest BCUT2D eigenvalue weighted by Crippen LogP contribution is 2.42. The number of aliphatic hydroxyl groups is 1. The Morgan fingerprint density at radius 3 is 2.68 bits per heavy atom. The maximum atomic E-state index is 10.1. The van der Waals surface area contributed by atoms with Gasteiger partial charge in [-0.05, 0) is 50.0 Å². The molecule has 0 aromatic rings. The number of aliphatic hydroxyl groups excluding tert-OH is 1. The van der Waals surface area contributed by atoms with Crippen molar-refractivity contribution in [3.63, 3.8) is 0 Å². The molecule has 0 aliphatic heterocycles. The summed E-state index contributed by atoms with van der Waals surface area (Å²) in [5, 5.41) is 10.1. The van der Waals surface area contributed by atoms with Crippen LogP contribution >= 0.6 is 0 Å². The fourth-order valence-corrected chi connectivity index (χ4v) is 3.19. The van der Waals surface area contributed by atoms with E-state index in [1.54, 1.807) is 6.08 Å². The standard InChI is InChI=1S/C17H31NO/c1-6-14(4)18(16(19)7-2)13-15-10-9-11-17(5,8-3)12-15/h7,15,19H,4,6,8-13H2,1-3,5H3/b16-7-. The molecule has 19 heavy (non-hydrogen) atoms. The van der Waals surface area contributed by atoms with Gasteiger partial charge < -0.3 is 10.0 Å². The highest BCUT2D eigenvalue weighted by Gasteiger charge is 2.31. The molecule has 0 bridgehead atoms. The van der Waals surface area contributed by atoms with Crippen LogP contribution in [0, 0.1) is 11.3 Å². The molecule has 0 spiro atoms. The summed E-state index contributed by atoms with van der Waals surface area (Å²) >= 11 is 0. The lowest BCUT2D eigenvalue weighted by Crippen LogP contribution is -2.34. The van der Waals surface area contributed by atoms with E-state index >= 15 is 0 Å². The normalized spacial score (nSPS) is 28.2. The summed E-state index contributed by atoms with van der Waals surface area (Å²) in [5.74, 6) is 1.03. The van der Waals surface area contributed by atoms with Gasteiger partial charge in [0, 0.05) is 12.2 Å². The van der Waals surface area contributed by atoms with E-state index in [2.05, 4.69) is 27.4 Å². The second-order valence-electron chi connectivity index (χ2n) is 6.30. The Morgan fingerprint density at radius 2 is 2.16 bits per heavy atom. The van der Waals surface area contributed by atoms with E-state index in [0.717, 1.165) is 18.7 Å². The van der Waals surface area contributed by atoms with E-state index in [4.69, 9.17) is 0 Å². The minimum atomic E-state index is 0.357. The summed E-state index contributed by atoms with van der Waals surface area (Å²) in [6.45, 7) is 13.7. The van der Waals surface area contributed by atoms with Gasteiger partial charge in [-0.15, -0.1) is 0 Å². The lowest BCUT2D eigenvalue weighted by molar-refractivity contribution is 0.118. The van der Waals surface area contributed by atoms with Gasteiger partial charge >= 0.3 is 0 Å². The van der Waals surface area contributed by atoms with Crippen LogP contribution in [0.1, 0.15) is 66.2 Å². The zero-order valence-electron chi connectivity index (χ0n) is 13.2. The maximum Gasteiger partial charge on any atom is 0.186 e. The van der Waals surface area contributed by atoms with Crippen molar-refractivity contribution in [1.82, 2.24) is 4.90 Å². The Hall–Kier alpha value is -0.920. The summed E-state index contributed by atoms with van der Waals surface area (Å²) < 4.78 is 0. The van der Waals surface area contributed by atoms with Gasteiger partial charge in [0.25, 0.3) is 0 Å². The molecule has 0 saturated heterocycles. The number of rotatable bonds is 6. The maximum absolute atomic E-state index is 10.1. The quantitative estimate of drug-likeness (QED) is 0.664. The molecule has 1 rings (SSSR count). The summed E-state index contributed by atoms with van der Waals surface area (Å²) in [4.78, 5) is 2.01. The highest BCUT2D eigenvalue weighted by atomic mass is 16.3. The molecule has 0 aromatic heterocycles. The predicted molar refractivity (Wildman–Crippen MR) is 82.9 cm³/mol. The third-order valence-corrected chi connectivity index (χ3v) is 4.79. The van der Waals surface area contributed by atoms with Crippen molar-refractivity contribution in [3.05, 3.63) is 24.2 Å². The van der Waals surface area contributed by atoms with Crippen molar-refractivity contribution >= 4 is 0 Å². The van der Waals surface area contributed by atoms with Crippen LogP contribution in [0.15, 0.2) is 24.2 Å². The highest BCUT2D eigenvalue weighted by molar-refractivity contribution is 5.04. The first kappa shape index (κ1) is 16.1. The summed E-state index contributed by atoms with van der Waals surface area (Å²) in [6, 6.07) is 0. The van der Waals surface area contributed by atoms with E-state index in [9.17, 15) is 5.11 Å². The first-order chi connectivity index (χ1) is 8.95. The van der Waals surface area contributed by atoms with Crippen LogP contribution in [0.3, 0.4) is 0 Å². The Labute approximate surface area is 119 Å². The van der Waals surface area contributed by atoms with Crippen LogP contribution in [0.25, 0.3) is 0 Å². The number of nitrogens with zero attached hydrogens (tertiary/aromatic N) is 1. The van der Waals surface area contributed by atoms with E-state index in [1.165, 1.54) is 32.1 Å².